The van der Waals surface area contributed by atoms with Crippen molar-refractivity contribution in [3.05, 3.63) is 69.7 Å². The molecule has 2 fully saturated rings. The Bertz CT molecular complexity index is 1320. The van der Waals surface area contributed by atoms with E-state index in [1.807, 2.05) is 11.9 Å². The molecule has 2 saturated heterocycles. The Morgan fingerprint density at radius 1 is 1.08 bits per heavy atom. The normalized spacial score (nSPS) is 16.9. The lowest BCUT2D eigenvalue weighted by atomic mass is 9.77. The zero-order valence-electron chi connectivity index (χ0n) is 20.4. The Morgan fingerprint density at radius 3 is 2.35 bits per heavy atom. The molecule has 4 heterocycles. The summed E-state index contributed by atoms with van der Waals surface area (Å²) in [4.78, 5) is 29.5. The lowest BCUT2D eigenvalue weighted by Gasteiger charge is -2.37. The van der Waals surface area contributed by atoms with E-state index in [1.54, 1.807) is 30.6 Å². The molecule has 0 bridgehead atoms. The Morgan fingerprint density at radius 2 is 1.73 bits per heavy atom. The number of pyridine rings is 1. The van der Waals surface area contributed by atoms with Crippen LogP contribution in [0.2, 0.25) is 10.0 Å². The molecule has 192 valence electrons. The molecule has 2 aliphatic rings. The maximum atomic E-state index is 12.6. The molecule has 0 unspecified atom stereocenters. The number of benzene rings is 1. The Labute approximate surface area is 225 Å². The highest BCUT2D eigenvalue weighted by atomic mass is 35.5. The summed E-state index contributed by atoms with van der Waals surface area (Å²) in [6.07, 6.45) is 8.80. The molecule has 0 atom stereocenters. The lowest BCUT2D eigenvalue weighted by Crippen LogP contribution is -2.44. The molecule has 9 nitrogen and oxygen atoms in total. The summed E-state index contributed by atoms with van der Waals surface area (Å²) in [5.41, 5.74) is 8.25. The number of nitrogens with zero attached hydrogens (tertiary/aromatic N) is 5. The van der Waals surface area contributed by atoms with Gasteiger partial charge in [-0.2, -0.15) is 0 Å². The molecular formula is C26H27Cl2N7O2. The fourth-order valence-electron chi connectivity index (χ4n) is 4.94. The minimum atomic E-state index is -0.230. The second kappa shape index (κ2) is 10.1. The number of amides is 1. The van der Waals surface area contributed by atoms with Gasteiger partial charge in [0.05, 0.1) is 21.2 Å². The van der Waals surface area contributed by atoms with Crippen molar-refractivity contribution < 1.29 is 9.53 Å². The molecule has 2 aliphatic heterocycles. The van der Waals surface area contributed by atoms with Gasteiger partial charge in [0.2, 0.25) is 11.9 Å². The summed E-state index contributed by atoms with van der Waals surface area (Å²) in [6, 6.07) is 5.12. The number of rotatable bonds is 6. The number of likely N-dealkylation sites (tertiary alicyclic amines) is 1. The number of ether oxygens (including phenoxy) is 1. The first-order chi connectivity index (χ1) is 17.8. The van der Waals surface area contributed by atoms with Crippen LogP contribution >= 0.6 is 23.2 Å². The molecule has 0 saturated carbocycles. The van der Waals surface area contributed by atoms with Gasteiger partial charge in [-0.3, -0.25) is 15.2 Å². The Kier molecular flexibility index (Phi) is 6.92. The lowest BCUT2D eigenvalue weighted by molar-refractivity contribution is -0.135. The molecule has 5 rings (SSSR count). The van der Waals surface area contributed by atoms with E-state index in [4.69, 9.17) is 39.1 Å². The highest BCUT2D eigenvalue weighted by molar-refractivity contribution is 6.35. The fourth-order valence-corrected chi connectivity index (χ4v) is 5.41. The van der Waals surface area contributed by atoms with Crippen molar-refractivity contribution in [2.45, 2.75) is 25.9 Å². The number of anilines is 2. The van der Waals surface area contributed by atoms with Crippen LogP contribution < -0.4 is 15.4 Å². The van der Waals surface area contributed by atoms with Gasteiger partial charge in [-0.05, 0) is 37.5 Å². The summed E-state index contributed by atoms with van der Waals surface area (Å²) in [7, 11) is 1.88. The van der Waals surface area contributed by atoms with Crippen LogP contribution in [0.1, 0.15) is 36.0 Å². The van der Waals surface area contributed by atoms with Gasteiger partial charge in [-0.15, -0.1) is 0 Å². The number of halogens is 2. The third-order valence-corrected chi connectivity index (χ3v) is 7.94. The van der Waals surface area contributed by atoms with Gasteiger partial charge in [0.1, 0.15) is 12.4 Å². The minimum absolute atomic E-state index is 0.147. The fraction of sp³-hybridized carbons (Fsp3) is 0.346. The number of carbonyl (C=O) groups is 1. The number of nitrogen functional groups attached to an aromatic ring is 1. The average molecular weight is 540 g/mol. The van der Waals surface area contributed by atoms with Crippen molar-refractivity contribution in [2.75, 3.05) is 37.3 Å². The van der Waals surface area contributed by atoms with E-state index in [1.165, 1.54) is 12.4 Å². The zero-order chi connectivity index (χ0) is 26.2. The number of nitrogens with one attached hydrogen (secondary N) is 1. The summed E-state index contributed by atoms with van der Waals surface area (Å²) >= 11 is 12.4. The first kappa shape index (κ1) is 25.2. The standard InChI is InChI=1S/C26H27Cl2N7O2/c1-34-7-4-26(24(34)36)5-8-35(9-6-26)25-32-11-16(12-33-25)23(30)18-10-17(2-3-22(18)29)37-15-19-20(27)13-31-14-21(19)28/h2-3,10-14,30H,4-9,15,29H2,1H3. The maximum absolute atomic E-state index is 12.6. The van der Waals surface area contributed by atoms with Gasteiger partial charge in [0, 0.05) is 73.8 Å². The van der Waals surface area contributed by atoms with Gasteiger partial charge < -0.3 is 20.3 Å². The molecule has 3 aromatic rings. The van der Waals surface area contributed by atoms with Crippen molar-refractivity contribution in [3.8, 4) is 5.75 Å². The first-order valence-electron chi connectivity index (χ1n) is 12.0. The van der Waals surface area contributed by atoms with Crippen LogP contribution in [-0.2, 0) is 11.4 Å². The smallest absolute Gasteiger partial charge is 0.228 e. The highest BCUT2D eigenvalue weighted by Crippen LogP contribution is 2.41. The molecule has 0 aliphatic carbocycles. The predicted octanol–water partition coefficient (Wildman–Crippen LogP) is 4.20. The van der Waals surface area contributed by atoms with Gasteiger partial charge in [0.25, 0.3) is 0 Å². The molecule has 3 N–H and O–H groups in total. The second-order valence-electron chi connectivity index (χ2n) is 9.51. The quantitative estimate of drug-likeness (QED) is 0.355. The largest absolute Gasteiger partial charge is 0.489 e. The van der Waals surface area contributed by atoms with Gasteiger partial charge >= 0.3 is 0 Å². The van der Waals surface area contributed by atoms with Crippen LogP contribution in [-0.4, -0.2) is 58.2 Å². The zero-order valence-corrected chi connectivity index (χ0v) is 21.9. The molecule has 1 spiro atoms. The molecule has 0 radical (unpaired) electrons. The van der Waals surface area contributed by atoms with Crippen LogP contribution in [0.4, 0.5) is 11.6 Å². The van der Waals surface area contributed by atoms with E-state index in [0.29, 0.717) is 44.1 Å². The van der Waals surface area contributed by atoms with Crippen LogP contribution in [0.3, 0.4) is 0 Å². The molecule has 11 heteroatoms. The summed E-state index contributed by atoms with van der Waals surface area (Å²) < 4.78 is 5.87. The van der Waals surface area contributed by atoms with E-state index in [0.717, 1.165) is 38.9 Å². The van der Waals surface area contributed by atoms with Crippen molar-refractivity contribution in [3.63, 3.8) is 0 Å². The minimum Gasteiger partial charge on any atom is -0.489 e. The third kappa shape index (κ3) is 4.93. The van der Waals surface area contributed by atoms with Gasteiger partial charge in [0.15, 0.2) is 0 Å². The van der Waals surface area contributed by atoms with Crippen molar-refractivity contribution in [1.82, 2.24) is 19.9 Å². The maximum Gasteiger partial charge on any atom is 0.228 e. The number of aromatic nitrogens is 3. The molecule has 1 aromatic carbocycles. The van der Waals surface area contributed by atoms with E-state index in [9.17, 15) is 4.79 Å². The van der Waals surface area contributed by atoms with Crippen LogP contribution in [0, 0.1) is 10.8 Å². The van der Waals surface area contributed by atoms with Gasteiger partial charge in [-0.25, -0.2) is 9.97 Å². The molecule has 37 heavy (non-hydrogen) atoms. The summed E-state index contributed by atoms with van der Waals surface area (Å²) in [5, 5.41) is 9.55. The third-order valence-electron chi connectivity index (χ3n) is 7.29. The van der Waals surface area contributed by atoms with Gasteiger partial charge in [-0.1, -0.05) is 23.2 Å². The van der Waals surface area contributed by atoms with E-state index in [-0.39, 0.29) is 23.6 Å². The Balaban J connectivity index is 1.26. The van der Waals surface area contributed by atoms with E-state index < -0.39 is 0 Å². The number of carbonyl (C=O) groups excluding carboxylic acids is 1. The topological polar surface area (TPSA) is 121 Å². The average Bonchev–Trinajstić information content (AvgIpc) is 3.18. The van der Waals surface area contributed by atoms with Crippen LogP contribution in [0.25, 0.3) is 0 Å². The first-order valence-corrected chi connectivity index (χ1v) is 12.7. The monoisotopic (exact) mass is 539 g/mol. The highest BCUT2D eigenvalue weighted by Gasteiger charge is 2.47. The number of hydrogen-bond donors (Lipinski definition) is 2. The van der Waals surface area contributed by atoms with E-state index >= 15 is 0 Å². The number of piperidine rings is 1. The van der Waals surface area contributed by atoms with E-state index in [2.05, 4.69) is 19.9 Å². The SMILES string of the molecule is CN1CCC2(CCN(c3ncc(C(=N)c4cc(OCc5c(Cl)cncc5Cl)ccc4N)cn3)CC2)C1=O. The molecule has 1 amide bonds. The van der Waals surface area contributed by atoms with Crippen LogP contribution in [0.15, 0.2) is 43.0 Å². The number of hydrogen-bond acceptors (Lipinski definition) is 8. The van der Waals surface area contributed by atoms with Crippen molar-refractivity contribution in [1.29, 1.82) is 5.41 Å². The summed E-state index contributed by atoms with van der Waals surface area (Å²) in [5.74, 6) is 1.37. The number of nitrogens with two attached hydrogens (primary N) is 1. The molecule has 2 aromatic heterocycles. The summed E-state index contributed by atoms with van der Waals surface area (Å²) in [6.45, 7) is 2.43. The Hall–Kier alpha value is -3.43. The second-order valence-corrected chi connectivity index (χ2v) is 10.3. The van der Waals surface area contributed by atoms with Crippen LogP contribution in [0.5, 0.6) is 5.75 Å². The predicted molar refractivity (Wildman–Crippen MR) is 144 cm³/mol. The van der Waals surface area contributed by atoms with Crippen molar-refractivity contribution >= 4 is 46.5 Å². The molecular weight excluding hydrogens is 513 g/mol. The van der Waals surface area contributed by atoms with Crippen molar-refractivity contribution in [2.24, 2.45) is 5.41 Å².